The van der Waals surface area contributed by atoms with Crippen LogP contribution in [0.4, 0.5) is 11.4 Å². The van der Waals surface area contributed by atoms with E-state index in [1.54, 1.807) is 55.5 Å². The maximum absolute atomic E-state index is 12.6. The van der Waals surface area contributed by atoms with E-state index in [-0.39, 0.29) is 23.2 Å². The van der Waals surface area contributed by atoms with Gasteiger partial charge in [-0.05, 0) is 80.6 Å². The van der Waals surface area contributed by atoms with Crippen LogP contribution in [-0.2, 0) is 36.2 Å². The summed E-state index contributed by atoms with van der Waals surface area (Å²) >= 11 is 0. The van der Waals surface area contributed by atoms with Crippen molar-refractivity contribution in [1.82, 2.24) is 0 Å². The minimum absolute atomic E-state index is 0.146. The molecule has 1 amide bonds. The summed E-state index contributed by atoms with van der Waals surface area (Å²) < 4.78 is 33.0. The zero-order chi connectivity index (χ0) is 25.8. The first-order valence-corrected chi connectivity index (χ1v) is 13.5. The zero-order valence-electron chi connectivity index (χ0n) is 20.4. The molecule has 1 fully saturated rings. The van der Waals surface area contributed by atoms with Gasteiger partial charge in [-0.3, -0.25) is 14.3 Å². The van der Waals surface area contributed by atoms with Crippen molar-refractivity contribution in [3.8, 4) is 0 Å². The number of anilines is 2. The molecule has 1 saturated carbocycles. The maximum Gasteiger partial charge on any atom is 0.316 e. The molecular weight excluding hydrogens is 476 g/mol. The predicted molar refractivity (Wildman–Crippen MR) is 139 cm³/mol. The first-order valence-electron chi connectivity index (χ1n) is 12.0. The molecule has 0 bridgehead atoms. The molecule has 0 atom stereocenters. The van der Waals surface area contributed by atoms with Gasteiger partial charge >= 0.3 is 5.97 Å². The molecule has 3 aromatic rings. The number of nitrogens with one attached hydrogen (secondary N) is 2. The highest BCUT2D eigenvalue weighted by Crippen LogP contribution is 2.49. The van der Waals surface area contributed by atoms with Crippen LogP contribution in [0.3, 0.4) is 0 Å². The van der Waals surface area contributed by atoms with Crippen molar-refractivity contribution in [2.45, 2.75) is 49.8 Å². The highest BCUT2D eigenvalue weighted by atomic mass is 32.2. The van der Waals surface area contributed by atoms with Gasteiger partial charge in [0, 0.05) is 17.8 Å². The van der Waals surface area contributed by atoms with Gasteiger partial charge in [0.05, 0.1) is 16.9 Å². The number of carbonyl (C=O) groups excluding carboxylic acids is 2. The monoisotopic (exact) mass is 506 g/mol. The highest BCUT2D eigenvalue weighted by molar-refractivity contribution is 7.92. The molecule has 2 N–H and O–H groups in total. The molecule has 0 saturated heterocycles. The van der Waals surface area contributed by atoms with Gasteiger partial charge in [0.2, 0.25) is 5.91 Å². The van der Waals surface area contributed by atoms with Crippen molar-refractivity contribution in [3.05, 3.63) is 89.5 Å². The predicted octanol–water partition coefficient (Wildman–Crippen LogP) is 4.96. The Morgan fingerprint density at radius 3 is 2.08 bits per heavy atom. The Bertz CT molecular complexity index is 1330. The van der Waals surface area contributed by atoms with E-state index in [0.717, 1.165) is 29.5 Å². The minimum atomic E-state index is -3.69. The molecule has 3 aromatic carbocycles. The smallest absolute Gasteiger partial charge is 0.316 e. The Balaban J connectivity index is 1.29. The van der Waals surface area contributed by atoms with Gasteiger partial charge in [-0.15, -0.1) is 0 Å². The van der Waals surface area contributed by atoms with Crippen LogP contribution in [0.5, 0.6) is 0 Å². The quantitative estimate of drug-likeness (QED) is 0.379. The third-order valence-corrected chi connectivity index (χ3v) is 7.71. The molecule has 0 aromatic heterocycles. The Kier molecular flexibility index (Phi) is 7.45. The van der Waals surface area contributed by atoms with Crippen LogP contribution in [0.2, 0.25) is 0 Å². The molecule has 188 valence electrons. The van der Waals surface area contributed by atoms with E-state index >= 15 is 0 Å². The third-order valence-electron chi connectivity index (χ3n) is 6.32. The van der Waals surface area contributed by atoms with Gasteiger partial charge < -0.3 is 10.1 Å². The third kappa shape index (κ3) is 5.94. The lowest BCUT2D eigenvalue weighted by Crippen LogP contribution is -2.23. The molecule has 0 unspecified atom stereocenters. The van der Waals surface area contributed by atoms with E-state index in [0.29, 0.717) is 24.4 Å². The van der Waals surface area contributed by atoms with Crippen LogP contribution in [0.1, 0.15) is 42.9 Å². The highest BCUT2D eigenvalue weighted by Gasteiger charge is 2.52. The summed E-state index contributed by atoms with van der Waals surface area (Å²) in [6.45, 7) is 4.09. The van der Waals surface area contributed by atoms with Gasteiger partial charge in [0.1, 0.15) is 0 Å². The number of amides is 1. The van der Waals surface area contributed by atoms with Crippen molar-refractivity contribution in [1.29, 1.82) is 0 Å². The second-order valence-corrected chi connectivity index (χ2v) is 10.7. The average molecular weight is 507 g/mol. The fourth-order valence-electron chi connectivity index (χ4n) is 4.03. The van der Waals surface area contributed by atoms with E-state index < -0.39 is 15.4 Å². The van der Waals surface area contributed by atoms with Gasteiger partial charge in [-0.1, -0.05) is 42.0 Å². The maximum atomic E-state index is 12.6. The van der Waals surface area contributed by atoms with Crippen molar-refractivity contribution in [2.75, 3.05) is 16.6 Å². The molecule has 0 spiro atoms. The number of hydrogen-bond donors (Lipinski definition) is 2. The van der Waals surface area contributed by atoms with Gasteiger partial charge in [-0.25, -0.2) is 8.42 Å². The lowest BCUT2D eigenvalue weighted by molar-refractivity contribution is -0.146. The summed E-state index contributed by atoms with van der Waals surface area (Å²) in [4.78, 5) is 24.8. The van der Waals surface area contributed by atoms with E-state index in [9.17, 15) is 18.0 Å². The minimum Gasteiger partial charge on any atom is -0.465 e. The van der Waals surface area contributed by atoms with Crippen LogP contribution in [0, 0.1) is 6.92 Å². The number of ether oxygens (including phenoxy) is 1. The SMILES string of the molecule is CCOC(=O)C1(c2ccc(NC(=O)CCc3ccc(S(=O)(=O)Nc4ccc(C)cc4)cc3)cc2)CC1. The van der Waals surface area contributed by atoms with Crippen molar-refractivity contribution < 1.29 is 22.7 Å². The molecular formula is C28H30N2O5S. The Hall–Kier alpha value is -3.65. The second kappa shape index (κ2) is 10.5. The van der Waals surface area contributed by atoms with Crippen molar-refractivity contribution in [2.24, 2.45) is 0 Å². The molecule has 4 rings (SSSR count). The van der Waals surface area contributed by atoms with Crippen molar-refractivity contribution in [3.63, 3.8) is 0 Å². The molecule has 0 radical (unpaired) electrons. The van der Waals surface area contributed by atoms with E-state index in [1.807, 2.05) is 31.2 Å². The number of benzene rings is 3. The Morgan fingerprint density at radius 2 is 1.50 bits per heavy atom. The van der Waals surface area contributed by atoms with E-state index in [4.69, 9.17) is 4.74 Å². The summed E-state index contributed by atoms with van der Waals surface area (Å²) in [5.41, 5.74) is 3.44. The largest absolute Gasteiger partial charge is 0.465 e. The van der Waals surface area contributed by atoms with E-state index in [1.165, 1.54) is 0 Å². The summed E-state index contributed by atoms with van der Waals surface area (Å²) in [5.74, 6) is -0.335. The second-order valence-electron chi connectivity index (χ2n) is 9.04. The fourth-order valence-corrected chi connectivity index (χ4v) is 5.09. The number of sulfonamides is 1. The fraction of sp³-hybridized carbons (Fsp3) is 0.286. The molecule has 1 aliphatic carbocycles. The Labute approximate surface area is 211 Å². The van der Waals surface area contributed by atoms with Crippen molar-refractivity contribution >= 4 is 33.3 Å². The van der Waals surface area contributed by atoms with Gasteiger partial charge in [0.15, 0.2) is 0 Å². The molecule has 0 aliphatic heterocycles. The molecule has 1 aliphatic rings. The molecule has 8 heteroatoms. The first-order chi connectivity index (χ1) is 17.2. The summed E-state index contributed by atoms with van der Waals surface area (Å²) in [6.07, 6.45) is 2.28. The van der Waals surface area contributed by atoms with Gasteiger partial charge in [0.25, 0.3) is 10.0 Å². The average Bonchev–Trinajstić information content (AvgIpc) is 3.67. The lowest BCUT2D eigenvalue weighted by Gasteiger charge is -2.15. The topological polar surface area (TPSA) is 102 Å². The summed E-state index contributed by atoms with van der Waals surface area (Å²) in [5, 5.41) is 2.87. The summed E-state index contributed by atoms with van der Waals surface area (Å²) in [7, 11) is -3.69. The first kappa shape index (κ1) is 25.4. The van der Waals surface area contributed by atoms with Crippen LogP contribution in [0.25, 0.3) is 0 Å². The van der Waals surface area contributed by atoms with E-state index in [2.05, 4.69) is 10.0 Å². The Morgan fingerprint density at radius 1 is 0.889 bits per heavy atom. The molecule has 36 heavy (non-hydrogen) atoms. The number of aryl methyl sites for hydroxylation is 2. The van der Waals surface area contributed by atoms with Gasteiger partial charge in [-0.2, -0.15) is 0 Å². The number of hydrogen-bond acceptors (Lipinski definition) is 5. The van der Waals surface area contributed by atoms with Crippen LogP contribution < -0.4 is 10.0 Å². The lowest BCUT2D eigenvalue weighted by atomic mass is 9.96. The summed E-state index contributed by atoms with van der Waals surface area (Å²) in [6, 6.07) is 21.0. The number of esters is 1. The molecule has 7 nitrogen and oxygen atoms in total. The standard InChI is InChI=1S/C28H30N2O5S/c1-3-35-27(32)28(18-19-28)22-9-13-23(14-10-22)29-26(31)17-8-21-6-15-25(16-7-21)36(33,34)30-24-11-4-20(2)5-12-24/h4-7,9-16,30H,3,8,17-19H2,1-2H3,(H,29,31). The van der Waals surface area contributed by atoms with Crippen LogP contribution >= 0.6 is 0 Å². The van der Waals surface area contributed by atoms with Crippen LogP contribution in [-0.4, -0.2) is 26.9 Å². The number of carbonyl (C=O) groups is 2. The molecule has 0 heterocycles. The zero-order valence-corrected chi connectivity index (χ0v) is 21.2. The van der Waals surface area contributed by atoms with Crippen LogP contribution in [0.15, 0.2) is 77.7 Å². The number of rotatable bonds is 10. The normalized spacial score (nSPS) is 14.1.